The molecule has 2 aliphatic heterocycles. The average Bonchev–Trinajstić information content (AvgIpc) is 3.65. The van der Waals surface area contributed by atoms with Crippen molar-refractivity contribution in [2.75, 3.05) is 15.6 Å². The molecule has 63 heavy (non-hydrogen) atoms. The summed E-state index contributed by atoms with van der Waals surface area (Å²) in [5.41, 5.74) is 3.42. The number of phenolic OH excluding ortho intramolecular Hbond substituents is 1. The molecule has 4 amide bonds. The van der Waals surface area contributed by atoms with Crippen LogP contribution in [0.2, 0.25) is 10.0 Å². The molecular weight excluding hydrogens is 854 g/mol. The van der Waals surface area contributed by atoms with Crippen molar-refractivity contribution in [3.8, 4) is 5.75 Å². The first kappa shape index (κ1) is 40.4. The van der Waals surface area contributed by atoms with Gasteiger partial charge in [0, 0.05) is 33.9 Å². The number of carbonyl (C=O) groups excluding carboxylic acids is 4. The van der Waals surface area contributed by atoms with E-state index >= 15 is 9.59 Å². The van der Waals surface area contributed by atoms with Gasteiger partial charge in [-0.3, -0.25) is 29.5 Å². The number of phenols is 1. The van der Waals surface area contributed by atoms with Gasteiger partial charge in [0.05, 0.1) is 39.4 Å². The Kier molecular flexibility index (Phi) is 9.61. The zero-order chi connectivity index (χ0) is 43.9. The van der Waals surface area contributed by atoms with E-state index in [1.54, 1.807) is 78.9 Å². The van der Waals surface area contributed by atoms with Crippen LogP contribution in [0.1, 0.15) is 35.4 Å². The Balaban J connectivity index is 1.12. The second-order valence-electron chi connectivity index (χ2n) is 16.2. The van der Waals surface area contributed by atoms with E-state index in [1.807, 2.05) is 36.4 Å². The molecule has 3 fully saturated rings. The lowest BCUT2D eigenvalue weighted by Gasteiger charge is -2.51. The first-order chi connectivity index (χ1) is 30.3. The van der Waals surface area contributed by atoms with E-state index in [4.69, 9.17) is 23.2 Å². The summed E-state index contributed by atoms with van der Waals surface area (Å²) in [6, 6.07) is 34.0. The molecule has 0 spiro atoms. The van der Waals surface area contributed by atoms with Gasteiger partial charge < -0.3 is 10.4 Å². The summed E-state index contributed by atoms with van der Waals surface area (Å²) in [6.07, 6.45) is -2.19. The van der Waals surface area contributed by atoms with E-state index < -0.39 is 69.5 Å². The molecule has 2 aliphatic carbocycles. The maximum absolute atomic E-state index is 15.6. The highest BCUT2D eigenvalue weighted by Gasteiger charge is 2.70. The molecule has 6 aromatic rings. The van der Waals surface area contributed by atoms with Gasteiger partial charge in [-0.15, -0.1) is 0 Å². The Morgan fingerprint density at radius 2 is 1.44 bits per heavy atom. The predicted octanol–water partition coefficient (Wildman–Crippen LogP) is 10.2. The van der Waals surface area contributed by atoms with Crippen LogP contribution in [0.15, 0.2) is 139 Å². The van der Waals surface area contributed by atoms with E-state index in [-0.39, 0.29) is 30.3 Å². The summed E-state index contributed by atoms with van der Waals surface area (Å²) >= 11 is 12.8. The van der Waals surface area contributed by atoms with E-state index in [2.05, 4.69) is 15.7 Å². The van der Waals surface area contributed by atoms with Gasteiger partial charge in [-0.05, 0) is 95.9 Å². The van der Waals surface area contributed by atoms with Crippen molar-refractivity contribution < 1.29 is 37.5 Å². The lowest BCUT2D eigenvalue weighted by molar-refractivity contribution is -0.139. The van der Waals surface area contributed by atoms with Crippen LogP contribution in [0.3, 0.4) is 0 Å². The van der Waals surface area contributed by atoms with Crippen LogP contribution in [0, 0.1) is 23.7 Å². The monoisotopic (exact) mass is 887 g/mol. The third kappa shape index (κ3) is 6.35. The molecule has 0 radical (unpaired) electrons. The molecule has 5 aromatic carbocycles. The number of rotatable bonds is 7. The van der Waals surface area contributed by atoms with Crippen LogP contribution >= 0.6 is 23.2 Å². The lowest BCUT2D eigenvalue weighted by Crippen LogP contribution is -2.53. The number of fused-ring (bicyclic) bond motifs is 5. The second-order valence-corrected chi connectivity index (χ2v) is 17.0. The number of allylic oxidation sites excluding steroid dienone is 2. The van der Waals surface area contributed by atoms with Crippen molar-refractivity contribution in [3.63, 3.8) is 0 Å². The summed E-state index contributed by atoms with van der Waals surface area (Å²) in [5.74, 6) is -7.29. The molecule has 1 aromatic heterocycles. The number of benzene rings is 5. The number of hydrogen-bond donors (Lipinski definition) is 3. The first-order valence-corrected chi connectivity index (χ1v) is 20.9. The number of pyridine rings is 1. The SMILES string of the molecule is O=C1[C@@H]2C[C@@H]3C(=CC[C@@H]4C(=O)N(c5ccc(Nc6ccccc6)cc5)C(=O)[C@@H]43)[C@H](c3ccc(O)c4ccccc34)[C@]2(c2ccc(Cl)cc2)C(=O)N1Nc1ncc(C(F)(F)F)cc1Cl. The smallest absolute Gasteiger partial charge is 0.417 e. The molecule has 10 rings (SSSR count). The van der Waals surface area contributed by atoms with Gasteiger partial charge in [-0.25, -0.2) is 4.98 Å². The Morgan fingerprint density at radius 3 is 2.14 bits per heavy atom. The quantitative estimate of drug-likeness (QED) is 0.107. The number of hydrazine groups is 1. The minimum Gasteiger partial charge on any atom is -0.507 e. The van der Waals surface area contributed by atoms with Crippen molar-refractivity contribution in [2.24, 2.45) is 23.7 Å². The van der Waals surface area contributed by atoms with Crippen molar-refractivity contribution in [2.45, 2.75) is 30.4 Å². The minimum absolute atomic E-state index is 0.0196. The van der Waals surface area contributed by atoms with Crippen LogP contribution < -0.4 is 15.6 Å². The van der Waals surface area contributed by atoms with Gasteiger partial charge >= 0.3 is 6.18 Å². The second kappa shape index (κ2) is 15.0. The minimum atomic E-state index is -4.76. The summed E-state index contributed by atoms with van der Waals surface area (Å²) in [5, 5.41) is 16.1. The number of imide groups is 2. The van der Waals surface area contributed by atoms with E-state index in [0.29, 0.717) is 50.4 Å². The van der Waals surface area contributed by atoms with Gasteiger partial charge in [0.1, 0.15) is 5.75 Å². The number of para-hydroxylation sites is 1. The number of carbonyl (C=O) groups is 4. The molecule has 3 N–H and O–H groups in total. The van der Waals surface area contributed by atoms with Crippen molar-refractivity contribution in [1.29, 1.82) is 0 Å². The molecule has 0 unspecified atom stereocenters. The number of nitrogens with zero attached hydrogens (tertiary/aromatic N) is 3. The predicted molar refractivity (Wildman–Crippen MR) is 231 cm³/mol. The molecule has 6 atom stereocenters. The molecular formula is C48H34Cl2F3N5O5. The Bertz CT molecular complexity index is 2910. The normalized spacial score (nSPS) is 24.3. The maximum atomic E-state index is 15.6. The van der Waals surface area contributed by atoms with Crippen LogP contribution in [-0.2, 0) is 30.8 Å². The molecule has 15 heteroatoms. The van der Waals surface area contributed by atoms with Crippen molar-refractivity contribution in [3.05, 3.63) is 166 Å². The topological polar surface area (TPSA) is 132 Å². The highest BCUT2D eigenvalue weighted by atomic mass is 35.5. The van der Waals surface area contributed by atoms with Gasteiger partial charge in [-0.2, -0.15) is 18.2 Å². The highest BCUT2D eigenvalue weighted by Crippen LogP contribution is 2.65. The summed E-state index contributed by atoms with van der Waals surface area (Å²) in [4.78, 5) is 65.1. The number of hydrogen-bond acceptors (Lipinski definition) is 8. The maximum Gasteiger partial charge on any atom is 0.417 e. The Labute approximate surface area is 367 Å². The highest BCUT2D eigenvalue weighted by molar-refractivity contribution is 6.33. The van der Waals surface area contributed by atoms with Gasteiger partial charge in [0.15, 0.2) is 5.82 Å². The number of amides is 4. The van der Waals surface area contributed by atoms with Crippen molar-refractivity contribution in [1.82, 2.24) is 9.99 Å². The first-order valence-electron chi connectivity index (χ1n) is 20.1. The number of alkyl halides is 3. The molecule has 3 heterocycles. The van der Waals surface area contributed by atoms with Crippen LogP contribution in [0.25, 0.3) is 10.8 Å². The van der Waals surface area contributed by atoms with Gasteiger partial charge in [0.2, 0.25) is 11.8 Å². The third-order valence-electron chi connectivity index (χ3n) is 13.0. The number of anilines is 4. The molecule has 10 nitrogen and oxygen atoms in total. The number of nitrogens with one attached hydrogen (secondary N) is 2. The lowest BCUT2D eigenvalue weighted by atomic mass is 9.49. The fraction of sp³-hybridized carbons (Fsp3) is 0.188. The van der Waals surface area contributed by atoms with Crippen LogP contribution in [-0.4, -0.2) is 38.7 Å². The van der Waals surface area contributed by atoms with Gasteiger partial charge in [-0.1, -0.05) is 95.5 Å². The zero-order valence-corrected chi connectivity index (χ0v) is 34.3. The Hall–Kier alpha value is -6.70. The number of halogens is 5. The largest absolute Gasteiger partial charge is 0.507 e. The molecule has 2 saturated heterocycles. The molecule has 316 valence electrons. The van der Waals surface area contributed by atoms with Crippen LogP contribution in [0.5, 0.6) is 5.75 Å². The Morgan fingerprint density at radius 1 is 0.762 bits per heavy atom. The summed E-state index contributed by atoms with van der Waals surface area (Å²) in [6.45, 7) is 0. The zero-order valence-electron chi connectivity index (χ0n) is 32.8. The molecule has 0 bridgehead atoms. The number of aromatic nitrogens is 1. The number of aromatic hydroxyl groups is 1. The molecule has 4 aliphatic rings. The summed E-state index contributed by atoms with van der Waals surface area (Å²) in [7, 11) is 0. The standard InChI is InChI=1S/C48H34Cl2F3N5O5/c49-27-12-10-25(11-13-27)47-37(44(61)58(46(47)63)56-42-38(50)22-26(24-54-42)48(51,52)53)23-36-34(41(47)33-20-21-39(59)32-9-5-4-8-31(32)33)18-19-35-40(36)45(62)57(43(35)60)30-16-14-29(15-17-30)55-28-6-2-1-3-7-28/h1-18,20-22,24,35-37,40-41,55,59H,19,23H2,(H,54,56)/t35-,36+,37-,40-,41-,47+/m0/s1. The van der Waals surface area contributed by atoms with E-state index in [1.165, 1.54) is 11.0 Å². The van der Waals surface area contributed by atoms with Crippen LogP contribution in [0.4, 0.5) is 36.1 Å². The summed E-state index contributed by atoms with van der Waals surface area (Å²) < 4.78 is 40.9. The van der Waals surface area contributed by atoms with E-state index in [9.17, 15) is 27.9 Å². The fourth-order valence-corrected chi connectivity index (χ4v) is 10.7. The molecule has 1 saturated carbocycles. The van der Waals surface area contributed by atoms with E-state index in [0.717, 1.165) is 16.4 Å². The third-order valence-corrected chi connectivity index (χ3v) is 13.5. The van der Waals surface area contributed by atoms with Crippen molar-refractivity contribution >= 4 is 80.5 Å². The fourth-order valence-electron chi connectivity index (χ4n) is 10.3. The average molecular weight is 889 g/mol. The van der Waals surface area contributed by atoms with Gasteiger partial charge in [0.25, 0.3) is 11.8 Å².